The molecule has 4 rings (SSSR count). The molecule has 1 N–H and O–H groups in total. The lowest BCUT2D eigenvalue weighted by molar-refractivity contribution is 0.322. The van der Waals surface area contributed by atoms with Crippen LogP contribution in [-0.2, 0) is 12.3 Å². The van der Waals surface area contributed by atoms with Gasteiger partial charge < -0.3 is 22.6 Å². The zero-order chi connectivity index (χ0) is 35.9. The van der Waals surface area contributed by atoms with E-state index < -0.39 is 33.8 Å². The fraction of sp³-hybridized carbons (Fsp3) is 0.444. The van der Waals surface area contributed by atoms with Crippen LogP contribution in [0.5, 0.6) is 0 Å². The molecule has 264 valence electrons. The van der Waals surface area contributed by atoms with Crippen LogP contribution in [-0.4, -0.2) is 73.3 Å². The number of nitrogens with one attached hydrogen (secondary N) is 1. The maximum absolute atomic E-state index is 6.99. The second-order valence-electron chi connectivity index (χ2n) is 15.2. The largest absolute Gasteiger partial charge is 0.437 e. The van der Waals surface area contributed by atoms with Crippen molar-refractivity contribution in [3.63, 3.8) is 0 Å². The number of nitrogens with zero attached hydrogens (tertiary/aromatic N) is 5. The van der Waals surface area contributed by atoms with E-state index >= 15 is 0 Å². The van der Waals surface area contributed by atoms with Crippen LogP contribution in [0.4, 0.5) is 11.6 Å². The molecule has 0 aliphatic rings. The highest BCUT2D eigenvalue weighted by atomic mass is 28.5. The van der Waals surface area contributed by atoms with Crippen LogP contribution >= 0.6 is 0 Å². The molecule has 0 aliphatic carbocycles. The summed E-state index contributed by atoms with van der Waals surface area (Å²) in [6.07, 6.45) is 0.902. The maximum Gasteiger partial charge on any atom is 0.315 e. The van der Waals surface area contributed by atoms with Gasteiger partial charge in [0.2, 0.25) is 0 Å². The third kappa shape index (κ3) is 13.0. The highest BCUT2D eigenvalue weighted by Gasteiger charge is 2.44. The van der Waals surface area contributed by atoms with Crippen LogP contribution < -0.4 is 10.2 Å². The van der Waals surface area contributed by atoms with Crippen molar-refractivity contribution in [3.05, 3.63) is 84.2 Å². The molecule has 4 aromatic rings. The van der Waals surface area contributed by atoms with E-state index in [1.165, 1.54) is 0 Å². The Balaban J connectivity index is 1.56. The lowest BCUT2D eigenvalue weighted by Gasteiger charge is -2.41. The average Bonchev–Trinajstić information content (AvgIpc) is 2.98. The average molecular weight is 733 g/mol. The first kappa shape index (κ1) is 38.7. The van der Waals surface area contributed by atoms with Gasteiger partial charge in [-0.25, -0.2) is 19.9 Å². The lowest BCUT2D eigenvalue weighted by atomic mass is 10.2. The summed E-state index contributed by atoms with van der Waals surface area (Å²) < 4.78 is 20.5. The number of benzene rings is 2. The summed E-state index contributed by atoms with van der Waals surface area (Å²) in [7, 11) is -8.61. The van der Waals surface area contributed by atoms with Crippen molar-refractivity contribution in [2.24, 2.45) is 0 Å². The fourth-order valence-electron chi connectivity index (χ4n) is 6.11. The van der Waals surface area contributed by atoms with Gasteiger partial charge in [-0.15, -0.1) is 0 Å². The molecule has 0 saturated heterocycles. The minimum Gasteiger partial charge on any atom is -0.437 e. The van der Waals surface area contributed by atoms with E-state index in [1.54, 1.807) is 0 Å². The smallest absolute Gasteiger partial charge is 0.315 e. The molecule has 49 heavy (non-hydrogen) atoms. The van der Waals surface area contributed by atoms with Gasteiger partial charge in [0.15, 0.2) is 28.3 Å². The molecule has 9 nitrogen and oxygen atoms in total. The van der Waals surface area contributed by atoms with Crippen LogP contribution in [0.15, 0.2) is 72.8 Å². The molecule has 13 heteroatoms. The van der Waals surface area contributed by atoms with E-state index in [0.717, 1.165) is 71.4 Å². The van der Waals surface area contributed by atoms with Crippen LogP contribution in [0.2, 0.25) is 65.0 Å². The van der Waals surface area contributed by atoms with Crippen molar-refractivity contribution < 1.29 is 12.3 Å². The standard InChI is InChI=1S/C36H56N6O3Si4/c1-29-27-33(40-35(38-29)31-19-14-12-15-20-31)37-23-25-42(34-28-30(2)39-36(41-34)32-21-16-13-17-22-32)24-18-26-49(11,44-47(6,7)8)45-48(9,10)43-46(3,4)5/h12-17,19-22,27-28H,18,23-26H2,1-11H3,(H,37,38,40). The van der Waals surface area contributed by atoms with Gasteiger partial charge in [-0.2, -0.15) is 0 Å². The van der Waals surface area contributed by atoms with Gasteiger partial charge in [0.1, 0.15) is 11.6 Å². The summed E-state index contributed by atoms with van der Waals surface area (Å²) >= 11 is 0. The van der Waals surface area contributed by atoms with Gasteiger partial charge >= 0.3 is 17.1 Å². The van der Waals surface area contributed by atoms with Crippen molar-refractivity contribution in [3.8, 4) is 22.8 Å². The van der Waals surface area contributed by atoms with Gasteiger partial charge in [0.05, 0.1) is 0 Å². The van der Waals surface area contributed by atoms with Crippen LogP contribution in [0.1, 0.15) is 17.8 Å². The first-order chi connectivity index (χ1) is 22.9. The van der Waals surface area contributed by atoms with E-state index in [-0.39, 0.29) is 0 Å². The van der Waals surface area contributed by atoms with Crippen molar-refractivity contribution >= 4 is 45.4 Å². The summed E-state index contributed by atoms with van der Waals surface area (Å²) in [6.45, 7) is 26.3. The zero-order valence-corrected chi connectivity index (χ0v) is 35.4. The fourth-order valence-corrected chi connectivity index (χ4v) is 24.0. The number of anilines is 2. The van der Waals surface area contributed by atoms with E-state index in [0.29, 0.717) is 6.54 Å². The predicted molar refractivity (Wildman–Crippen MR) is 214 cm³/mol. The monoisotopic (exact) mass is 732 g/mol. The Morgan fingerprint density at radius 3 is 1.69 bits per heavy atom. The minimum absolute atomic E-state index is 0.676. The molecule has 0 bridgehead atoms. The van der Waals surface area contributed by atoms with E-state index in [9.17, 15) is 0 Å². The number of aryl methyl sites for hydroxylation is 2. The molecule has 2 aromatic heterocycles. The molecule has 2 aromatic carbocycles. The van der Waals surface area contributed by atoms with E-state index in [1.807, 2.05) is 68.4 Å². The Kier molecular flexibility index (Phi) is 12.9. The molecule has 0 aliphatic heterocycles. The molecule has 0 fully saturated rings. The molecule has 1 atom stereocenters. The summed E-state index contributed by atoms with van der Waals surface area (Å²) in [6, 6.07) is 25.2. The highest BCUT2D eigenvalue weighted by molar-refractivity contribution is 6.89. The van der Waals surface area contributed by atoms with Gasteiger partial charge in [-0.3, -0.25) is 0 Å². The van der Waals surface area contributed by atoms with Gasteiger partial charge in [-0.1, -0.05) is 60.7 Å². The quantitative estimate of drug-likeness (QED) is 0.107. The third-order valence-corrected chi connectivity index (χ3v) is 20.9. The van der Waals surface area contributed by atoms with Crippen molar-refractivity contribution in [1.29, 1.82) is 0 Å². The van der Waals surface area contributed by atoms with Gasteiger partial charge in [0.25, 0.3) is 0 Å². The number of aromatic nitrogens is 4. The maximum atomic E-state index is 6.99. The molecular weight excluding hydrogens is 677 g/mol. The Morgan fingerprint density at radius 2 is 1.14 bits per heavy atom. The van der Waals surface area contributed by atoms with Crippen LogP contribution in [0.25, 0.3) is 22.8 Å². The summed E-state index contributed by atoms with van der Waals surface area (Å²) in [5, 5.41) is 3.57. The van der Waals surface area contributed by atoms with Crippen molar-refractivity contribution in [2.45, 2.75) is 85.2 Å². The molecule has 0 radical (unpaired) electrons. The van der Waals surface area contributed by atoms with Gasteiger partial charge in [0, 0.05) is 54.3 Å². The topological polar surface area (TPSA) is 94.5 Å². The van der Waals surface area contributed by atoms with Crippen molar-refractivity contribution in [2.75, 3.05) is 29.9 Å². The molecule has 0 saturated carbocycles. The Labute approximate surface area is 298 Å². The second kappa shape index (κ2) is 16.3. The normalized spacial score (nSPS) is 13.6. The summed E-state index contributed by atoms with van der Waals surface area (Å²) in [5.41, 5.74) is 3.85. The van der Waals surface area contributed by atoms with Crippen LogP contribution in [0.3, 0.4) is 0 Å². The first-order valence-electron chi connectivity index (χ1n) is 17.3. The van der Waals surface area contributed by atoms with E-state index in [2.05, 4.69) is 92.3 Å². The van der Waals surface area contributed by atoms with E-state index in [4.69, 9.17) is 27.3 Å². The summed E-state index contributed by atoms with van der Waals surface area (Å²) in [4.78, 5) is 21.7. The molecule has 2 heterocycles. The molecular formula is C36H56N6O3Si4. The Bertz CT molecular complexity index is 1650. The number of hydrogen-bond acceptors (Lipinski definition) is 9. The van der Waals surface area contributed by atoms with Crippen molar-refractivity contribution in [1.82, 2.24) is 19.9 Å². The summed E-state index contributed by atoms with van der Waals surface area (Å²) in [5.74, 6) is 3.16. The molecule has 0 amide bonds. The third-order valence-electron chi connectivity index (χ3n) is 7.37. The predicted octanol–water partition coefficient (Wildman–Crippen LogP) is 9.02. The Hall–Kier alpha value is -3.05. The number of rotatable bonds is 17. The highest BCUT2D eigenvalue weighted by Crippen LogP contribution is 2.29. The molecule has 1 unspecified atom stereocenters. The second-order valence-corrected chi connectivity index (χ2v) is 31.7. The minimum atomic E-state index is -2.56. The number of hydrogen-bond donors (Lipinski definition) is 1. The Morgan fingerprint density at radius 1 is 0.612 bits per heavy atom. The molecule has 0 spiro atoms. The van der Waals surface area contributed by atoms with Crippen LogP contribution in [0, 0.1) is 13.8 Å². The lowest BCUT2D eigenvalue weighted by Crippen LogP contribution is -2.57. The SMILES string of the molecule is Cc1cc(NCCN(CCC[Si](C)(O[Si](C)(C)C)O[Si](C)(C)O[Si](C)(C)C)c2cc(C)nc(-c3ccccc3)n2)nc(-c2ccccc2)n1. The first-order valence-corrected chi connectivity index (χ1v) is 29.5. The zero-order valence-electron chi connectivity index (χ0n) is 31.4. The van der Waals surface area contributed by atoms with Gasteiger partial charge in [-0.05, 0) is 85.2 Å².